The summed E-state index contributed by atoms with van der Waals surface area (Å²) in [4.78, 5) is 28.3. The predicted molar refractivity (Wildman–Crippen MR) is 125 cm³/mol. The molecule has 2 aliphatic heterocycles. The number of hydrogen-bond donors (Lipinski definition) is 0. The van der Waals surface area contributed by atoms with Crippen LogP contribution in [0.25, 0.3) is 5.69 Å². The predicted octanol–water partition coefficient (Wildman–Crippen LogP) is 5.45. The first-order chi connectivity index (χ1) is 18.0. The molecule has 5 rings (SSSR count). The second-order valence-electron chi connectivity index (χ2n) is 9.24. The Morgan fingerprint density at radius 2 is 1.74 bits per heavy atom. The fourth-order valence-electron chi connectivity index (χ4n) is 4.78. The smallest absolute Gasteiger partial charge is 0.434 e. The van der Waals surface area contributed by atoms with Gasteiger partial charge in [-0.3, -0.25) is 9.69 Å². The zero-order valence-corrected chi connectivity index (χ0v) is 20.4. The Morgan fingerprint density at radius 1 is 1.05 bits per heavy atom. The molecule has 0 aliphatic carbocycles. The van der Waals surface area contributed by atoms with Gasteiger partial charge in [0.2, 0.25) is 0 Å². The summed E-state index contributed by atoms with van der Waals surface area (Å²) in [5.41, 5.74) is -2.26. The topological polar surface area (TPSA) is 67.7 Å². The van der Waals surface area contributed by atoms with Crippen molar-refractivity contribution in [2.24, 2.45) is 0 Å². The van der Waals surface area contributed by atoms with Crippen LogP contribution in [0.15, 0.2) is 48.7 Å². The van der Waals surface area contributed by atoms with Crippen molar-refractivity contribution in [1.82, 2.24) is 19.6 Å². The molecular formula is C25H20ClF5N4O3. The van der Waals surface area contributed by atoms with E-state index in [1.807, 2.05) is 0 Å². The number of aromatic nitrogens is 2. The molecule has 7 nitrogen and oxygen atoms in total. The fraction of sp³-hybridized carbons (Fsp3) is 0.320. The molecule has 0 saturated carbocycles. The van der Waals surface area contributed by atoms with E-state index in [-0.39, 0.29) is 44.7 Å². The minimum Gasteiger partial charge on any atom is -0.441 e. The molecule has 1 spiro atoms. The maximum absolute atomic E-state index is 14.0. The molecule has 2 aromatic carbocycles. The molecule has 0 atom stereocenters. The second-order valence-corrected chi connectivity index (χ2v) is 9.68. The number of nitrogens with zero attached hydrogens (tertiary/aromatic N) is 4. The average Bonchev–Trinajstić information content (AvgIpc) is 3.44. The number of carbonyl (C=O) groups excluding carboxylic acids is 2. The Kier molecular flexibility index (Phi) is 6.54. The van der Waals surface area contributed by atoms with E-state index < -0.39 is 46.7 Å². The van der Waals surface area contributed by atoms with Gasteiger partial charge in [0.1, 0.15) is 5.60 Å². The van der Waals surface area contributed by atoms with E-state index in [9.17, 15) is 31.5 Å². The van der Waals surface area contributed by atoms with E-state index in [0.717, 1.165) is 18.3 Å². The zero-order valence-electron chi connectivity index (χ0n) is 19.6. The summed E-state index contributed by atoms with van der Waals surface area (Å²) < 4.78 is 75.1. The molecule has 38 heavy (non-hydrogen) atoms. The molecule has 3 aromatic rings. The summed E-state index contributed by atoms with van der Waals surface area (Å²) in [6, 6.07) is 8.90. The van der Waals surface area contributed by atoms with Crippen molar-refractivity contribution in [3.8, 4) is 5.69 Å². The highest BCUT2D eigenvalue weighted by Crippen LogP contribution is 2.37. The van der Waals surface area contributed by atoms with Crippen LogP contribution in [-0.4, -0.2) is 56.8 Å². The first kappa shape index (κ1) is 26.0. The first-order valence-electron chi connectivity index (χ1n) is 11.6. The second kappa shape index (κ2) is 9.57. The normalized spacial score (nSPS) is 17.3. The molecule has 0 unspecified atom stereocenters. The minimum atomic E-state index is -4.86. The number of halogens is 6. The van der Waals surface area contributed by atoms with E-state index in [1.54, 1.807) is 0 Å². The zero-order chi connectivity index (χ0) is 27.2. The van der Waals surface area contributed by atoms with Gasteiger partial charge in [0.15, 0.2) is 17.3 Å². The molecule has 200 valence electrons. The molecule has 2 amide bonds. The van der Waals surface area contributed by atoms with Crippen molar-refractivity contribution in [3.05, 3.63) is 82.1 Å². The number of hydrogen-bond acceptors (Lipinski definition) is 4. The summed E-state index contributed by atoms with van der Waals surface area (Å²) in [5.74, 6) is -2.87. The lowest BCUT2D eigenvalue weighted by Crippen LogP contribution is -2.49. The van der Waals surface area contributed by atoms with E-state index in [1.165, 1.54) is 40.1 Å². The van der Waals surface area contributed by atoms with E-state index >= 15 is 0 Å². The van der Waals surface area contributed by atoms with Gasteiger partial charge in [0.25, 0.3) is 5.91 Å². The molecule has 2 fully saturated rings. The third-order valence-corrected chi connectivity index (χ3v) is 6.95. The lowest BCUT2D eigenvalue weighted by Gasteiger charge is -2.37. The molecule has 0 bridgehead atoms. The highest BCUT2D eigenvalue weighted by Gasteiger charge is 2.48. The molecule has 2 aliphatic rings. The summed E-state index contributed by atoms with van der Waals surface area (Å²) >= 11 is 5.83. The summed E-state index contributed by atoms with van der Waals surface area (Å²) in [6.07, 6.45) is -4.21. The number of ether oxygens (including phenoxy) is 1. The summed E-state index contributed by atoms with van der Waals surface area (Å²) in [6.45, 7) is 0.248. The fourth-order valence-corrected chi connectivity index (χ4v) is 4.90. The number of benzene rings is 2. The largest absolute Gasteiger partial charge is 0.441 e. The number of alkyl halides is 3. The molecule has 1 aromatic heterocycles. The van der Waals surface area contributed by atoms with Crippen molar-refractivity contribution in [3.63, 3.8) is 0 Å². The monoisotopic (exact) mass is 554 g/mol. The quantitative estimate of drug-likeness (QED) is 0.402. The van der Waals surface area contributed by atoms with Crippen molar-refractivity contribution in [2.75, 3.05) is 19.6 Å². The Bertz CT molecular complexity index is 1380. The van der Waals surface area contributed by atoms with Crippen LogP contribution in [0.3, 0.4) is 0 Å². The Hall–Kier alpha value is -3.67. The SMILES string of the molecule is O=C1OC2(CCN(C(=O)c3cnn(-c4ccc(Cl)cc4)c3C(F)(F)F)CC2)CN1Cc1ccc(F)c(F)c1. The van der Waals surface area contributed by atoms with Crippen LogP contribution >= 0.6 is 11.6 Å². The average molecular weight is 555 g/mol. The van der Waals surface area contributed by atoms with E-state index in [4.69, 9.17) is 16.3 Å². The number of piperidine rings is 1. The van der Waals surface area contributed by atoms with Gasteiger partial charge in [0, 0.05) is 37.5 Å². The third kappa shape index (κ3) is 4.92. The lowest BCUT2D eigenvalue weighted by molar-refractivity contribution is -0.143. The van der Waals surface area contributed by atoms with Crippen LogP contribution in [0, 0.1) is 11.6 Å². The molecule has 2 saturated heterocycles. The van der Waals surface area contributed by atoms with Gasteiger partial charge in [0.05, 0.1) is 24.0 Å². The van der Waals surface area contributed by atoms with Gasteiger partial charge in [-0.15, -0.1) is 0 Å². The first-order valence-corrected chi connectivity index (χ1v) is 12.0. The molecular weight excluding hydrogens is 535 g/mol. The minimum absolute atomic E-state index is 0.000740. The van der Waals surface area contributed by atoms with Crippen molar-refractivity contribution < 1.29 is 36.3 Å². The highest BCUT2D eigenvalue weighted by molar-refractivity contribution is 6.30. The number of rotatable bonds is 4. The van der Waals surface area contributed by atoms with Crippen LogP contribution in [0.5, 0.6) is 0 Å². The van der Waals surface area contributed by atoms with Crippen LogP contribution in [0.2, 0.25) is 5.02 Å². The number of likely N-dealkylation sites (tertiary alicyclic amines) is 1. The standard InChI is InChI=1S/C25H20ClF5N4O3/c26-16-2-4-17(5-3-16)35-21(25(29,30)31)18(12-32-35)22(36)33-9-7-24(8-10-33)14-34(23(37)38-24)13-15-1-6-19(27)20(28)11-15/h1-6,11-12H,7-10,13-14H2. The van der Waals surface area contributed by atoms with Crippen LogP contribution in [0.4, 0.5) is 26.7 Å². The maximum atomic E-state index is 14.0. The van der Waals surface area contributed by atoms with Crippen LogP contribution in [-0.2, 0) is 17.5 Å². The van der Waals surface area contributed by atoms with Gasteiger partial charge in [-0.05, 0) is 42.0 Å². The Labute approximate surface area is 218 Å². The van der Waals surface area contributed by atoms with Gasteiger partial charge >= 0.3 is 12.3 Å². The highest BCUT2D eigenvalue weighted by atomic mass is 35.5. The summed E-state index contributed by atoms with van der Waals surface area (Å²) in [5, 5.41) is 4.16. The lowest BCUT2D eigenvalue weighted by atomic mass is 9.91. The molecule has 13 heteroatoms. The molecule has 3 heterocycles. The number of amides is 2. The number of carbonyl (C=O) groups is 2. The molecule has 0 N–H and O–H groups in total. The van der Waals surface area contributed by atoms with Crippen molar-refractivity contribution in [2.45, 2.75) is 31.2 Å². The maximum Gasteiger partial charge on any atom is 0.434 e. The van der Waals surface area contributed by atoms with Gasteiger partial charge in [-0.25, -0.2) is 18.3 Å². The van der Waals surface area contributed by atoms with Gasteiger partial charge in [-0.1, -0.05) is 17.7 Å². The van der Waals surface area contributed by atoms with E-state index in [0.29, 0.717) is 15.3 Å². The van der Waals surface area contributed by atoms with Gasteiger partial charge < -0.3 is 9.64 Å². The van der Waals surface area contributed by atoms with Crippen molar-refractivity contribution >= 4 is 23.6 Å². The molecule has 0 radical (unpaired) electrons. The van der Waals surface area contributed by atoms with E-state index in [2.05, 4.69) is 5.10 Å². The van der Waals surface area contributed by atoms with Crippen LogP contribution in [0.1, 0.15) is 34.5 Å². The summed E-state index contributed by atoms with van der Waals surface area (Å²) in [7, 11) is 0. The third-order valence-electron chi connectivity index (χ3n) is 6.70. The van der Waals surface area contributed by atoms with Gasteiger partial charge in [-0.2, -0.15) is 18.3 Å². The van der Waals surface area contributed by atoms with Crippen molar-refractivity contribution in [1.29, 1.82) is 0 Å². The van der Waals surface area contributed by atoms with Crippen LogP contribution < -0.4 is 0 Å². The Balaban J connectivity index is 1.29. The Morgan fingerprint density at radius 3 is 2.37 bits per heavy atom.